The normalized spacial score (nSPS) is 23.1. The van der Waals surface area contributed by atoms with Gasteiger partial charge in [0.25, 0.3) is 0 Å². The van der Waals surface area contributed by atoms with Crippen LogP contribution in [0.1, 0.15) is 12.8 Å². The molecule has 78 valence electrons. The minimum absolute atomic E-state index is 0.406. The number of aryl methyl sites for hydroxylation is 1. The number of imidazole rings is 1. The molecule has 0 saturated carbocycles. The topological polar surface area (TPSA) is 47.1 Å². The lowest BCUT2D eigenvalue weighted by atomic mass is 10.3. The van der Waals surface area contributed by atoms with Crippen LogP contribution in [-0.2, 0) is 6.54 Å². The minimum atomic E-state index is 0.406. The highest BCUT2D eigenvalue weighted by molar-refractivity contribution is 4.78. The Bertz CT molecular complexity index is 257. The van der Waals surface area contributed by atoms with Crippen LogP contribution in [0.5, 0.6) is 0 Å². The number of hydrogen-bond acceptors (Lipinski definition) is 3. The van der Waals surface area contributed by atoms with E-state index in [9.17, 15) is 0 Å². The Morgan fingerprint density at radius 3 is 3.00 bits per heavy atom. The molecule has 1 aromatic heterocycles. The summed E-state index contributed by atoms with van der Waals surface area (Å²) < 4.78 is 2.12. The van der Waals surface area contributed by atoms with E-state index in [1.807, 2.05) is 18.7 Å². The van der Waals surface area contributed by atoms with Crippen LogP contribution in [0.2, 0.25) is 0 Å². The van der Waals surface area contributed by atoms with Gasteiger partial charge in [-0.25, -0.2) is 4.98 Å². The Morgan fingerprint density at radius 2 is 2.36 bits per heavy atom. The summed E-state index contributed by atoms with van der Waals surface area (Å²) in [5, 5.41) is 0. The zero-order valence-electron chi connectivity index (χ0n) is 8.47. The summed E-state index contributed by atoms with van der Waals surface area (Å²) >= 11 is 0. The van der Waals surface area contributed by atoms with Gasteiger partial charge in [0.1, 0.15) is 0 Å². The largest absolute Gasteiger partial charge is 0.337 e. The average molecular weight is 194 g/mol. The first-order valence-corrected chi connectivity index (χ1v) is 5.28. The van der Waals surface area contributed by atoms with Crippen molar-refractivity contribution in [2.24, 2.45) is 5.73 Å². The van der Waals surface area contributed by atoms with Crippen LogP contribution >= 0.6 is 0 Å². The molecular weight excluding hydrogens is 176 g/mol. The molecule has 4 nitrogen and oxygen atoms in total. The van der Waals surface area contributed by atoms with E-state index in [-0.39, 0.29) is 0 Å². The molecule has 1 aromatic rings. The van der Waals surface area contributed by atoms with Crippen LogP contribution in [0.4, 0.5) is 0 Å². The molecule has 1 saturated heterocycles. The van der Waals surface area contributed by atoms with Gasteiger partial charge in [-0.1, -0.05) is 0 Å². The van der Waals surface area contributed by atoms with Crippen LogP contribution in [0.15, 0.2) is 18.7 Å². The Morgan fingerprint density at radius 1 is 1.43 bits per heavy atom. The monoisotopic (exact) mass is 194 g/mol. The van der Waals surface area contributed by atoms with Crippen molar-refractivity contribution in [2.45, 2.75) is 25.4 Å². The van der Waals surface area contributed by atoms with E-state index in [0.29, 0.717) is 6.04 Å². The van der Waals surface area contributed by atoms with Gasteiger partial charge in [0.15, 0.2) is 0 Å². The van der Waals surface area contributed by atoms with Crippen molar-refractivity contribution in [1.29, 1.82) is 0 Å². The third kappa shape index (κ3) is 2.56. The summed E-state index contributed by atoms with van der Waals surface area (Å²) in [6.07, 6.45) is 8.05. The maximum Gasteiger partial charge on any atom is 0.0945 e. The number of nitrogens with zero attached hydrogens (tertiary/aromatic N) is 3. The van der Waals surface area contributed by atoms with Gasteiger partial charge in [0.2, 0.25) is 0 Å². The molecule has 14 heavy (non-hydrogen) atoms. The molecule has 2 N–H and O–H groups in total. The minimum Gasteiger partial charge on any atom is -0.337 e. The maximum atomic E-state index is 5.83. The molecule has 0 unspecified atom stereocenters. The average Bonchev–Trinajstić information content (AvgIpc) is 2.77. The zero-order valence-corrected chi connectivity index (χ0v) is 8.47. The molecule has 4 heteroatoms. The van der Waals surface area contributed by atoms with E-state index < -0.39 is 0 Å². The van der Waals surface area contributed by atoms with E-state index >= 15 is 0 Å². The quantitative estimate of drug-likeness (QED) is 0.750. The van der Waals surface area contributed by atoms with E-state index in [2.05, 4.69) is 14.5 Å². The molecule has 2 heterocycles. The van der Waals surface area contributed by atoms with Gasteiger partial charge in [-0.2, -0.15) is 0 Å². The van der Waals surface area contributed by atoms with Crippen LogP contribution in [0.3, 0.4) is 0 Å². The molecule has 0 bridgehead atoms. The third-order valence-corrected chi connectivity index (χ3v) is 2.76. The predicted octanol–water partition coefficient (Wildman–Crippen LogP) is 0.306. The van der Waals surface area contributed by atoms with E-state index in [1.54, 1.807) is 0 Å². The molecule has 1 atom stereocenters. The van der Waals surface area contributed by atoms with Crippen LogP contribution in [0, 0.1) is 0 Å². The van der Waals surface area contributed by atoms with Crippen molar-refractivity contribution in [3.8, 4) is 0 Å². The summed E-state index contributed by atoms with van der Waals surface area (Å²) in [5.41, 5.74) is 5.83. The molecule has 1 aliphatic rings. The zero-order chi connectivity index (χ0) is 9.80. The molecule has 1 fully saturated rings. The van der Waals surface area contributed by atoms with E-state index in [4.69, 9.17) is 5.73 Å². The van der Waals surface area contributed by atoms with Crippen LogP contribution in [-0.4, -0.2) is 40.1 Å². The maximum absolute atomic E-state index is 5.83. The fourth-order valence-corrected chi connectivity index (χ4v) is 1.96. The van der Waals surface area contributed by atoms with Gasteiger partial charge in [0, 0.05) is 31.5 Å². The lowest BCUT2D eigenvalue weighted by molar-refractivity contribution is 0.321. The van der Waals surface area contributed by atoms with Crippen LogP contribution in [0.25, 0.3) is 0 Å². The lowest BCUT2D eigenvalue weighted by Crippen LogP contribution is -2.27. The van der Waals surface area contributed by atoms with Gasteiger partial charge in [-0.05, 0) is 25.9 Å². The molecule has 0 amide bonds. The fraction of sp³-hybridized carbons (Fsp3) is 0.700. The van der Waals surface area contributed by atoms with Crippen LogP contribution < -0.4 is 5.73 Å². The highest BCUT2D eigenvalue weighted by Crippen LogP contribution is 2.07. The molecule has 0 radical (unpaired) electrons. The molecule has 0 aromatic carbocycles. The summed E-state index contributed by atoms with van der Waals surface area (Å²) in [4.78, 5) is 6.46. The SMILES string of the molecule is N[C@@H]1CCN(CCCn2ccnc2)C1. The van der Waals surface area contributed by atoms with Crippen molar-refractivity contribution in [3.63, 3.8) is 0 Å². The molecule has 1 aliphatic heterocycles. The summed E-state index contributed by atoms with van der Waals surface area (Å²) in [6, 6.07) is 0.406. The van der Waals surface area contributed by atoms with Crippen molar-refractivity contribution in [1.82, 2.24) is 14.5 Å². The summed E-state index contributed by atoms with van der Waals surface area (Å²) in [5.74, 6) is 0. The number of hydrogen-bond donors (Lipinski definition) is 1. The lowest BCUT2D eigenvalue weighted by Gasteiger charge is -2.14. The molecule has 2 rings (SSSR count). The highest BCUT2D eigenvalue weighted by atomic mass is 15.2. The van der Waals surface area contributed by atoms with E-state index in [1.165, 1.54) is 13.0 Å². The Kier molecular flexibility index (Phi) is 3.16. The molecule has 0 aliphatic carbocycles. The fourth-order valence-electron chi connectivity index (χ4n) is 1.96. The standard InChI is InChI=1S/C10H18N4/c11-10-2-6-13(8-10)4-1-5-14-7-3-12-9-14/h3,7,9-10H,1-2,4-6,8,11H2/t10-/m1/s1. The van der Waals surface area contributed by atoms with Gasteiger partial charge < -0.3 is 15.2 Å². The summed E-state index contributed by atoms with van der Waals surface area (Å²) in [7, 11) is 0. The highest BCUT2D eigenvalue weighted by Gasteiger charge is 2.17. The number of nitrogens with two attached hydrogens (primary N) is 1. The number of likely N-dealkylation sites (tertiary alicyclic amines) is 1. The first-order valence-electron chi connectivity index (χ1n) is 5.28. The van der Waals surface area contributed by atoms with Gasteiger partial charge in [0.05, 0.1) is 6.33 Å². The second-order valence-corrected chi connectivity index (χ2v) is 4.00. The Labute approximate surface area is 84.7 Å². The van der Waals surface area contributed by atoms with Crippen molar-refractivity contribution in [2.75, 3.05) is 19.6 Å². The first-order chi connectivity index (χ1) is 6.84. The second-order valence-electron chi connectivity index (χ2n) is 4.00. The second kappa shape index (κ2) is 4.57. The Balaban J connectivity index is 1.64. The van der Waals surface area contributed by atoms with E-state index in [0.717, 1.165) is 26.1 Å². The molecular formula is C10H18N4. The number of rotatable bonds is 4. The Hall–Kier alpha value is -0.870. The summed E-state index contributed by atoms with van der Waals surface area (Å²) in [6.45, 7) is 4.46. The number of aromatic nitrogens is 2. The van der Waals surface area contributed by atoms with Crippen molar-refractivity contribution < 1.29 is 0 Å². The van der Waals surface area contributed by atoms with Gasteiger partial charge in [-0.3, -0.25) is 0 Å². The predicted molar refractivity (Wildman–Crippen MR) is 55.9 cm³/mol. The smallest absolute Gasteiger partial charge is 0.0945 e. The third-order valence-electron chi connectivity index (χ3n) is 2.76. The first kappa shape index (κ1) is 9.68. The van der Waals surface area contributed by atoms with Gasteiger partial charge >= 0.3 is 0 Å². The van der Waals surface area contributed by atoms with Crippen molar-refractivity contribution in [3.05, 3.63) is 18.7 Å². The van der Waals surface area contributed by atoms with Crippen molar-refractivity contribution >= 4 is 0 Å². The molecule has 0 spiro atoms. The van der Waals surface area contributed by atoms with Gasteiger partial charge in [-0.15, -0.1) is 0 Å².